The predicted octanol–water partition coefficient (Wildman–Crippen LogP) is 10.7. The van der Waals surface area contributed by atoms with Gasteiger partial charge in [-0.15, -0.1) is 0 Å². The zero-order valence-electron chi connectivity index (χ0n) is 39.5. The average molecular weight is 906 g/mol. The minimum Gasteiger partial charge on any atom is -0.394 e. The summed E-state index contributed by atoms with van der Waals surface area (Å²) in [4.78, 5) is 13.1. The quantitative estimate of drug-likeness (QED) is 0.0194. The first-order valence-corrected chi connectivity index (χ1v) is 26.9. The van der Waals surface area contributed by atoms with Crippen molar-refractivity contribution in [3.63, 3.8) is 0 Å². The highest BCUT2D eigenvalue weighted by Crippen LogP contribution is 2.26. The fourth-order valence-electron chi connectivity index (χ4n) is 8.34. The minimum absolute atomic E-state index is 0.232. The monoisotopic (exact) mass is 906 g/mol. The van der Waals surface area contributed by atoms with Crippen molar-refractivity contribution in [2.45, 2.75) is 281 Å². The Bertz CT molecular complexity index is 1160. The lowest BCUT2D eigenvalue weighted by atomic mass is 9.99. The fourth-order valence-corrected chi connectivity index (χ4v) is 8.85. The molecule has 13 heteroatoms. The van der Waals surface area contributed by atoms with Crippen LogP contribution < -0.4 is 5.32 Å². The molecule has 368 valence electrons. The molecule has 1 heterocycles. The van der Waals surface area contributed by atoms with Gasteiger partial charge in [-0.25, -0.2) is 4.18 Å². The molecule has 0 radical (unpaired) electrons. The van der Waals surface area contributed by atoms with Crippen LogP contribution in [-0.2, 0) is 28.9 Å². The van der Waals surface area contributed by atoms with E-state index in [0.717, 1.165) is 51.4 Å². The van der Waals surface area contributed by atoms with Crippen molar-refractivity contribution < 1.29 is 51.8 Å². The molecule has 0 bridgehead atoms. The van der Waals surface area contributed by atoms with Crippen molar-refractivity contribution >= 4 is 16.3 Å². The summed E-state index contributed by atoms with van der Waals surface area (Å²) in [5, 5.41) is 45.0. The molecule has 12 nitrogen and oxygen atoms in total. The van der Waals surface area contributed by atoms with Crippen LogP contribution in [-0.4, -0.2) is 95.4 Å². The second-order valence-corrected chi connectivity index (χ2v) is 19.2. The molecule has 0 spiro atoms. The van der Waals surface area contributed by atoms with Gasteiger partial charge in [0.2, 0.25) is 5.91 Å². The summed E-state index contributed by atoms with van der Waals surface area (Å²) in [6, 6.07) is -0.857. The van der Waals surface area contributed by atoms with Gasteiger partial charge in [-0.3, -0.25) is 9.35 Å². The zero-order valence-corrected chi connectivity index (χ0v) is 40.3. The number of rotatable bonds is 44. The van der Waals surface area contributed by atoms with Gasteiger partial charge in [-0.05, 0) is 38.5 Å². The molecule has 0 saturated carbocycles. The Kier molecular flexibility index (Phi) is 38.1. The predicted molar refractivity (Wildman–Crippen MR) is 250 cm³/mol. The van der Waals surface area contributed by atoms with Crippen LogP contribution in [0, 0.1) is 0 Å². The minimum atomic E-state index is -5.08. The zero-order chi connectivity index (χ0) is 45.5. The van der Waals surface area contributed by atoms with E-state index in [2.05, 4.69) is 35.5 Å². The molecule has 1 aliphatic rings. The van der Waals surface area contributed by atoms with Gasteiger partial charge in [0, 0.05) is 6.42 Å². The Labute approximate surface area is 379 Å². The topological polar surface area (TPSA) is 192 Å². The lowest BCUT2D eigenvalue weighted by Gasteiger charge is -2.41. The number of hydrogen-bond donors (Lipinski definition) is 6. The smallest absolute Gasteiger partial charge is 0.394 e. The van der Waals surface area contributed by atoms with Crippen LogP contribution in [0.25, 0.3) is 0 Å². The van der Waals surface area contributed by atoms with Crippen LogP contribution >= 0.6 is 0 Å². The van der Waals surface area contributed by atoms with Gasteiger partial charge in [0.05, 0.1) is 25.4 Å². The lowest BCUT2D eigenvalue weighted by molar-refractivity contribution is -0.298. The van der Waals surface area contributed by atoms with Crippen LogP contribution in [0.15, 0.2) is 12.2 Å². The van der Waals surface area contributed by atoms with E-state index in [4.69, 9.17) is 9.47 Å². The summed E-state index contributed by atoms with van der Waals surface area (Å²) < 4.78 is 47.8. The molecule has 1 amide bonds. The number of amides is 1. The number of unbranched alkanes of at least 4 members (excludes halogenated alkanes) is 30. The van der Waals surface area contributed by atoms with Crippen LogP contribution in [0.1, 0.15) is 239 Å². The molecule has 0 aromatic rings. The number of allylic oxidation sites excluding steroid dienone is 2. The van der Waals surface area contributed by atoms with Crippen molar-refractivity contribution in [3.8, 4) is 0 Å². The van der Waals surface area contributed by atoms with Crippen molar-refractivity contribution in [3.05, 3.63) is 12.2 Å². The first kappa shape index (κ1) is 58.9. The molecule has 7 unspecified atom stereocenters. The Morgan fingerprint density at radius 2 is 1.03 bits per heavy atom. The van der Waals surface area contributed by atoms with E-state index >= 15 is 0 Å². The maximum absolute atomic E-state index is 13.1. The third kappa shape index (κ3) is 32.5. The second-order valence-electron chi connectivity index (χ2n) is 18.1. The standard InChI is InChI=1S/C49H95NO11S/c1-3-5-7-9-11-13-15-17-19-21-23-24-26-28-30-32-34-36-38-43(52)42(41-59-49-47(55)48(61-62(56,57)58)46(54)44(40-51)60-49)50-45(53)39-37-35-33-31-29-27-25-22-20-18-16-14-12-10-8-6-4-2/h18,20,42-44,46-49,51-52,54-55H,3-17,19,21-41H2,1-2H3,(H,50,53)(H,56,57,58)/b20-18-. The van der Waals surface area contributed by atoms with Gasteiger partial charge in [-0.1, -0.05) is 206 Å². The van der Waals surface area contributed by atoms with Gasteiger partial charge in [0.25, 0.3) is 0 Å². The largest absolute Gasteiger partial charge is 0.397 e. The summed E-state index contributed by atoms with van der Waals surface area (Å²) in [5.41, 5.74) is 0. The summed E-state index contributed by atoms with van der Waals surface area (Å²) in [6.07, 6.45) is 36.3. The number of ether oxygens (including phenoxy) is 2. The highest BCUT2D eigenvalue weighted by molar-refractivity contribution is 7.80. The van der Waals surface area contributed by atoms with E-state index in [0.29, 0.717) is 12.8 Å². The number of carbonyl (C=O) groups is 1. The summed E-state index contributed by atoms with van der Waals surface area (Å²) >= 11 is 0. The van der Waals surface area contributed by atoms with E-state index in [1.54, 1.807) is 0 Å². The maximum atomic E-state index is 13.1. The molecule has 1 aliphatic heterocycles. The van der Waals surface area contributed by atoms with Crippen LogP contribution in [0.5, 0.6) is 0 Å². The molecule has 0 aliphatic carbocycles. The normalized spacial score (nSPS) is 20.5. The van der Waals surface area contributed by atoms with Crippen molar-refractivity contribution in [1.82, 2.24) is 5.32 Å². The molecule has 0 aromatic heterocycles. The third-order valence-corrected chi connectivity index (χ3v) is 12.8. The highest BCUT2D eigenvalue weighted by atomic mass is 32.3. The van der Waals surface area contributed by atoms with E-state index < -0.39 is 59.9 Å². The number of aliphatic hydroxyl groups is 4. The summed E-state index contributed by atoms with van der Waals surface area (Å²) in [5.74, 6) is -0.232. The molecular formula is C49H95NO11S. The fraction of sp³-hybridized carbons (Fsp3) is 0.939. The number of aliphatic hydroxyl groups excluding tert-OH is 4. The Balaban J connectivity index is 2.44. The Hall–Kier alpha value is -1.16. The van der Waals surface area contributed by atoms with E-state index in [1.807, 2.05) is 0 Å². The number of nitrogens with one attached hydrogen (secondary N) is 1. The van der Waals surface area contributed by atoms with Crippen molar-refractivity contribution in [1.29, 1.82) is 0 Å². The van der Waals surface area contributed by atoms with Gasteiger partial charge in [-0.2, -0.15) is 8.42 Å². The van der Waals surface area contributed by atoms with Gasteiger partial charge >= 0.3 is 10.4 Å². The SMILES string of the molecule is CCCCCCCC/C=C\CCCCCCCCCC(=O)NC(COC1OC(CO)C(O)C(OS(=O)(=O)O)C1O)C(O)CCCCCCCCCCCCCCCCCCCC. The molecule has 7 atom stereocenters. The van der Waals surface area contributed by atoms with Crippen LogP contribution in [0.2, 0.25) is 0 Å². The molecule has 1 rings (SSSR count). The van der Waals surface area contributed by atoms with E-state index in [1.165, 1.54) is 154 Å². The molecule has 62 heavy (non-hydrogen) atoms. The molecule has 1 fully saturated rings. The maximum Gasteiger partial charge on any atom is 0.397 e. The van der Waals surface area contributed by atoms with Crippen molar-refractivity contribution in [2.75, 3.05) is 13.2 Å². The average Bonchev–Trinajstić information content (AvgIpc) is 3.24. The van der Waals surface area contributed by atoms with Gasteiger partial charge in [0.15, 0.2) is 6.29 Å². The third-order valence-electron chi connectivity index (χ3n) is 12.3. The first-order valence-electron chi connectivity index (χ1n) is 25.6. The Morgan fingerprint density at radius 1 is 0.629 bits per heavy atom. The van der Waals surface area contributed by atoms with E-state index in [9.17, 15) is 38.2 Å². The van der Waals surface area contributed by atoms with Gasteiger partial charge < -0.3 is 35.2 Å². The number of hydrogen-bond acceptors (Lipinski definition) is 10. The molecular weight excluding hydrogens is 811 g/mol. The summed E-state index contributed by atoms with van der Waals surface area (Å²) in [7, 11) is -5.08. The lowest BCUT2D eigenvalue weighted by Crippen LogP contribution is -2.61. The second kappa shape index (κ2) is 40.1. The van der Waals surface area contributed by atoms with Gasteiger partial charge in [0.1, 0.15) is 24.4 Å². The number of carbonyl (C=O) groups excluding carboxylic acids is 1. The molecule has 1 saturated heterocycles. The highest BCUT2D eigenvalue weighted by Gasteiger charge is 2.48. The summed E-state index contributed by atoms with van der Waals surface area (Å²) in [6.45, 7) is 3.46. The van der Waals surface area contributed by atoms with Crippen LogP contribution in [0.4, 0.5) is 0 Å². The molecule has 0 aromatic carbocycles. The van der Waals surface area contributed by atoms with E-state index in [-0.39, 0.29) is 18.9 Å². The molecule has 6 N–H and O–H groups in total. The van der Waals surface area contributed by atoms with Crippen LogP contribution in [0.3, 0.4) is 0 Å². The van der Waals surface area contributed by atoms with Crippen molar-refractivity contribution in [2.24, 2.45) is 0 Å². The Morgan fingerprint density at radius 3 is 1.45 bits per heavy atom. The first-order chi connectivity index (χ1) is 30.0.